The zero-order valence-corrected chi connectivity index (χ0v) is 11.4. The Morgan fingerprint density at radius 2 is 2.27 bits per heavy atom. The van der Waals surface area contributed by atoms with Gasteiger partial charge < -0.3 is 10.2 Å². The van der Waals surface area contributed by atoms with Crippen LogP contribution in [0, 0.1) is 0 Å². The van der Waals surface area contributed by atoms with E-state index in [1.807, 2.05) is 11.8 Å². The van der Waals surface area contributed by atoms with Crippen molar-refractivity contribution >= 4 is 11.8 Å². The van der Waals surface area contributed by atoms with Gasteiger partial charge in [0.25, 0.3) is 0 Å². The fourth-order valence-corrected chi connectivity index (χ4v) is 2.55. The quantitative estimate of drug-likeness (QED) is 0.779. The molecule has 1 aliphatic heterocycles. The van der Waals surface area contributed by atoms with Crippen LogP contribution in [0.2, 0.25) is 0 Å². The molecule has 3 heteroatoms. The molecular formula is C12H26N2S. The maximum Gasteiger partial charge on any atom is 0.0141 e. The Morgan fingerprint density at radius 3 is 2.80 bits per heavy atom. The Morgan fingerprint density at radius 1 is 1.53 bits per heavy atom. The molecule has 15 heavy (non-hydrogen) atoms. The van der Waals surface area contributed by atoms with E-state index in [9.17, 15) is 0 Å². The van der Waals surface area contributed by atoms with Crippen molar-refractivity contribution in [1.82, 2.24) is 10.2 Å². The third-order valence-electron chi connectivity index (χ3n) is 3.52. The van der Waals surface area contributed by atoms with Gasteiger partial charge in [0.15, 0.2) is 0 Å². The number of piperidine rings is 1. The van der Waals surface area contributed by atoms with Gasteiger partial charge in [-0.2, -0.15) is 11.8 Å². The summed E-state index contributed by atoms with van der Waals surface area (Å²) in [4.78, 5) is 2.58. The maximum atomic E-state index is 3.70. The van der Waals surface area contributed by atoms with Crippen molar-refractivity contribution in [2.24, 2.45) is 0 Å². The van der Waals surface area contributed by atoms with Crippen LogP contribution in [-0.2, 0) is 0 Å². The summed E-state index contributed by atoms with van der Waals surface area (Å²) in [6.07, 6.45) is 4.82. The molecule has 1 rings (SSSR count). The van der Waals surface area contributed by atoms with Crippen molar-refractivity contribution < 1.29 is 0 Å². The minimum atomic E-state index is 0.740. The normalized spacial score (nSPS) is 30.4. The summed E-state index contributed by atoms with van der Waals surface area (Å²) in [5, 5.41) is 4.44. The van der Waals surface area contributed by atoms with Crippen molar-refractivity contribution in [3.05, 3.63) is 0 Å². The average molecular weight is 230 g/mol. The van der Waals surface area contributed by atoms with E-state index >= 15 is 0 Å². The lowest BCUT2D eigenvalue weighted by Gasteiger charge is -2.37. The highest BCUT2D eigenvalue weighted by atomic mass is 32.2. The lowest BCUT2D eigenvalue weighted by molar-refractivity contribution is 0.143. The Labute approximate surface area is 99.2 Å². The molecule has 3 atom stereocenters. The summed E-state index contributed by atoms with van der Waals surface area (Å²) in [5.74, 6) is 0. The Bertz CT molecular complexity index is 175. The predicted molar refractivity (Wildman–Crippen MR) is 70.7 cm³/mol. The average Bonchev–Trinajstić information content (AvgIpc) is 2.26. The largest absolute Gasteiger partial charge is 0.313 e. The monoisotopic (exact) mass is 230 g/mol. The summed E-state index contributed by atoms with van der Waals surface area (Å²) < 4.78 is 0. The molecule has 0 amide bonds. The molecule has 2 nitrogen and oxygen atoms in total. The van der Waals surface area contributed by atoms with E-state index in [1.54, 1.807) is 0 Å². The van der Waals surface area contributed by atoms with Crippen molar-refractivity contribution in [3.63, 3.8) is 0 Å². The third-order valence-corrected chi connectivity index (χ3v) is 4.49. The van der Waals surface area contributed by atoms with Gasteiger partial charge in [0.2, 0.25) is 0 Å². The molecule has 0 aromatic heterocycles. The van der Waals surface area contributed by atoms with Crippen LogP contribution in [0.25, 0.3) is 0 Å². The molecular weight excluding hydrogens is 204 g/mol. The number of hydrogen-bond donors (Lipinski definition) is 1. The van der Waals surface area contributed by atoms with Gasteiger partial charge in [-0.1, -0.05) is 13.8 Å². The van der Waals surface area contributed by atoms with Crippen LogP contribution in [0.5, 0.6) is 0 Å². The SMILES string of the molecule is CCN1CCC(NCC(C)SC)CC1C. The first-order valence-electron chi connectivity index (χ1n) is 6.17. The number of nitrogens with zero attached hydrogens (tertiary/aromatic N) is 1. The van der Waals surface area contributed by atoms with Crippen molar-refractivity contribution in [2.75, 3.05) is 25.9 Å². The number of hydrogen-bond acceptors (Lipinski definition) is 3. The second-order valence-corrected chi connectivity index (χ2v) is 5.93. The molecule has 1 saturated heterocycles. The standard InChI is InChI=1S/C12H26N2S/c1-5-14-7-6-12(8-10(14)2)13-9-11(3)15-4/h10-13H,5-9H2,1-4H3. The molecule has 0 radical (unpaired) electrons. The van der Waals surface area contributed by atoms with Crippen LogP contribution in [-0.4, -0.2) is 48.1 Å². The van der Waals surface area contributed by atoms with Crippen molar-refractivity contribution in [1.29, 1.82) is 0 Å². The van der Waals surface area contributed by atoms with E-state index < -0.39 is 0 Å². The van der Waals surface area contributed by atoms with Crippen LogP contribution < -0.4 is 5.32 Å². The lowest BCUT2D eigenvalue weighted by Crippen LogP contribution is -2.48. The van der Waals surface area contributed by atoms with Crippen LogP contribution in [0.4, 0.5) is 0 Å². The number of rotatable bonds is 5. The molecule has 0 bridgehead atoms. The molecule has 1 heterocycles. The Hall–Kier alpha value is 0.270. The van der Waals surface area contributed by atoms with Crippen LogP contribution in [0.3, 0.4) is 0 Å². The Balaban J connectivity index is 2.22. The summed E-state index contributed by atoms with van der Waals surface area (Å²) in [7, 11) is 0. The molecule has 1 fully saturated rings. The van der Waals surface area contributed by atoms with Gasteiger partial charge in [0.05, 0.1) is 0 Å². The fraction of sp³-hybridized carbons (Fsp3) is 1.00. The first-order valence-corrected chi connectivity index (χ1v) is 7.46. The third kappa shape index (κ3) is 4.33. The van der Waals surface area contributed by atoms with E-state index in [2.05, 4.69) is 37.2 Å². The van der Waals surface area contributed by atoms with E-state index in [0.29, 0.717) is 0 Å². The summed E-state index contributed by atoms with van der Waals surface area (Å²) in [6, 6.07) is 1.50. The molecule has 0 saturated carbocycles. The van der Waals surface area contributed by atoms with E-state index in [4.69, 9.17) is 0 Å². The van der Waals surface area contributed by atoms with Gasteiger partial charge in [-0.25, -0.2) is 0 Å². The predicted octanol–water partition coefficient (Wildman–Crippen LogP) is 2.20. The summed E-state index contributed by atoms with van der Waals surface area (Å²) in [6.45, 7) is 10.5. The van der Waals surface area contributed by atoms with Gasteiger partial charge in [0, 0.05) is 23.9 Å². The summed E-state index contributed by atoms with van der Waals surface area (Å²) in [5.41, 5.74) is 0. The van der Waals surface area contributed by atoms with Crippen molar-refractivity contribution in [3.8, 4) is 0 Å². The van der Waals surface area contributed by atoms with Gasteiger partial charge in [-0.3, -0.25) is 0 Å². The second-order valence-electron chi connectivity index (χ2n) is 4.65. The smallest absolute Gasteiger partial charge is 0.0141 e. The molecule has 3 unspecified atom stereocenters. The second kappa shape index (κ2) is 6.77. The first kappa shape index (κ1) is 13.3. The van der Waals surface area contributed by atoms with Gasteiger partial charge >= 0.3 is 0 Å². The highest BCUT2D eigenvalue weighted by molar-refractivity contribution is 7.99. The lowest BCUT2D eigenvalue weighted by atomic mass is 9.98. The molecule has 0 aliphatic carbocycles. The van der Waals surface area contributed by atoms with Gasteiger partial charge in [-0.05, 0) is 39.1 Å². The van der Waals surface area contributed by atoms with E-state index in [0.717, 1.165) is 23.9 Å². The molecule has 1 N–H and O–H groups in total. The minimum absolute atomic E-state index is 0.740. The highest BCUT2D eigenvalue weighted by Crippen LogP contribution is 2.17. The highest BCUT2D eigenvalue weighted by Gasteiger charge is 2.23. The molecule has 0 aromatic rings. The van der Waals surface area contributed by atoms with Crippen LogP contribution in [0.15, 0.2) is 0 Å². The van der Waals surface area contributed by atoms with Crippen LogP contribution >= 0.6 is 11.8 Å². The molecule has 90 valence electrons. The number of nitrogens with one attached hydrogen (secondary N) is 1. The maximum absolute atomic E-state index is 3.70. The van der Waals surface area contributed by atoms with E-state index in [1.165, 1.54) is 25.9 Å². The van der Waals surface area contributed by atoms with Crippen LogP contribution in [0.1, 0.15) is 33.6 Å². The fourth-order valence-electron chi connectivity index (χ4n) is 2.29. The number of thioether (sulfide) groups is 1. The molecule has 0 spiro atoms. The van der Waals surface area contributed by atoms with E-state index in [-0.39, 0.29) is 0 Å². The molecule has 1 aliphatic rings. The first-order chi connectivity index (χ1) is 7.17. The zero-order chi connectivity index (χ0) is 11.3. The minimum Gasteiger partial charge on any atom is -0.313 e. The van der Waals surface area contributed by atoms with Gasteiger partial charge in [-0.15, -0.1) is 0 Å². The zero-order valence-electron chi connectivity index (χ0n) is 10.6. The molecule has 0 aromatic carbocycles. The summed E-state index contributed by atoms with van der Waals surface area (Å²) >= 11 is 1.95. The topological polar surface area (TPSA) is 15.3 Å². The van der Waals surface area contributed by atoms with Crippen molar-refractivity contribution in [2.45, 2.75) is 50.9 Å². The number of likely N-dealkylation sites (tertiary alicyclic amines) is 1. The van der Waals surface area contributed by atoms with Gasteiger partial charge in [0.1, 0.15) is 0 Å². The Kier molecular flexibility index (Phi) is 6.02.